The Balaban J connectivity index is 1.32. The maximum absolute atomic E-state index is 12.2. The van der Waals surface area contributed by atoms with Crippen LogP contribution in [-0.2, 0) is 9.63 Å². The fraction of sp³-hybridized carbons (Fsp3) is 0.217. The third kappa shape index (κ3) is 4.32. The molecule has 4 rings (SSSR count). The van der Waals surface area contributed by atoms with Gasteiger partial charge in [0.25, 0.3) is 5.91 Å². The topological polar surface area (TPSA) is 69.2 Å². The summed E-state index contributed by atoms with van der Waals surface area (Å²) in [6, 6.07) is 19.7. The minimum Gasteiger partial charge on any atom is -0.454 e. The Morgan fingerprint density at radius 1 is 1.07 bits per heavy atom. The normalized spacial score (nSPS) is 13.9. The van der Waals surface area contributed by atoms with Gasteiger partial charge in [0.2, 0.25) is 6.79 Å². The Hall–Kier alpha value is -3.54. The van der Waals surface area contributed by atoms with Crippen molar-refractivity contribution >= 4 is 22.4 Å². The summed E-state index contributed by atoms with van der Waals surface area (Å²) >= 11 is 0. The van der Waals surface area contributed by atoms with Crippen LogP contribution in [0.25, 0.3) is 10.8 Å². The van der Waals surface area contributed by atoms with E-state index in [1.165, 1.54) is 5.39 Å². The molecule has 1 aliphatic heterocycles. The number of nitrogens with zero attached hydrogens (tertiary/aromatic N) is 1. The van der Waals surface area contributed by atoms with Crippen LogP contribution in [0.15, 0.2) is 65.8 Å². The highest BCUT2D eigenvalue weighted by Gasteiger charge is 2.14. The first-order chi connectivity index (χ1) is 14.1. The average Bonchev–Trinajstić information content (AvgIpc) is 3.21. The van der Waals surface area contributed by atoms with Crippen molar-refractivity contribution in [3.63, 3.8) is 0 Å². The fourth-order valence-electron chi connectivity index (χ4n) is 3.21. The molecule has 148 valence electrons. The fourth-order valence-corrected chi connectivity index (χ4v) is 3.21. The molecule has 0 fully saturated rings. The van der Waals surface area contributed by atoms with Crippen molar-refractivity contribution in [3.05, 3.63) is 71.8 Å². The quantitative estimate of drug-likeness (QED) is 0.506. The minimum absolute atomic E-state index is 0.130. The molecule has 0 saturated carbocycles. The molecule has 0 aromatic heterocycles. The van der Waals surface area contributed by atoms with Crippen molar-refractivity contribution in [2.45, 2.75) is 19.9 Å². The van der Waals surface area contributed by atoms with Gasteiger partial charge in [-0.3, -0.25) is 4.79 Å². The highest BCUT2D eigenvalue weighted by Crippen LogP contribution is 2.32. The number of ether oxygens (including phenoxy) is 2. The van der Waals surface area contributed by atoms with Gasteiger partial charge in [-0.2, -0.15) is 0 Å². The lowest BCUT2D eigenvalue weighted by molar-refractivity contribution is -0.126. The van der Waals surface area contributed by atoms with E-state index in [1.807, 2.05) is 50.2 Å². The van der Waals surface area contributed by atoms with Gasteiger partial charge in [0.1, 0.15) is 0 Å². The van der Waals surface area contributed by atoms with Gasteiger partial charge in [-0.15, -0.1) is 0 Å². The number of nitrogens with one attached hydrogen (secondary N) is 1. The molecule has 1 atom stereocenters. The molecule has 29 heavy (non-hydrogen) atoms. The van der Waals surface area contributed by atoms with Crippen LogP contribution in [0.2, 0.25) is 0 Å². The smallest absolute Gasteiger partial charge is 0.261 e. The number of hydrogen-bond acceptors (Lipinski definition) is 5. The van der Waals surface area contributed by atoms with Crippen molar-refractivity contribution in [3.8, 4) is 11.5 Å². The maximum atomic E-state index is 12.2. The minimum atomic E-state index is -0.229. The summed E-state index contributed by atoms with van der Waals surface area (Å²) in [7, 11) is 0. The summed E-state index contributed by atoms with van der Waals surface area (Å²) in [6.07, 6.45) is 0. The number of oxime groups is 1. The van der Waals surface area contributed by atoms with Gasteiger partial charge in [-0.25, -0.2) is 0 Å². The van der Waals surface area contributed by atoms with Gasteiger partial charge in [-0.05, 0) is 54.4 Å². The molecule has 6 nitrogen and oxygen atoms in total. The molecule has 6 heteroatoms. The molecule has 1 unspecified atom stereocenters. The average molecular weight is 390 g/mol. The molecule has 0 radical (unpaired) electrons. The number of benzene rings is 3. The van der Waals surface area contributed by atoms with E-state index in [-0.39, 0.29) is 25.3 Å². The molecule has 1 N–H and O–H groups in total. The number of rotatable bonds is 6. The van der Waals surface area contributed by atoms with Crippen molar-refractivity contribution in [1.82, 2.24) is 5.32 Å². The van der Waals surface area contributed by atoms with Crippen molar-refractivity contribution < 1.29 is 19.1 Å². The van der Waals surface area contributed by atoms with E-state index >= 15 is 0 Å². The summed E-state index contributed by atoms with van der Waals surface area (Å²) in [5.41, 5.74) is 2.54. The van der Waals surface area contributed by atoms with Gasteiger partial charge in [-0.1, -0.05) is 41.6 Å². The van der Waals surface area contributed by atoms with Crippen LogP contribution in [0.1, 0.15) is 31.0 Å². The number of hydrogen-bond donors (Lipinski definition) is 1. The molecule has 1 aliphatic rings. The van der Waals surface area contributed by atoms with Gasteiger partial charge >= 0.3 is 0 Å². The van der Waals surface area contributed by atoms with Gasteiger partial charge in [0.05, 0.1) is 11.8 Å². The predicted molar refractivity (Wildman–Crippen MR) is 111 cm³/mol. The summed E-state index contributed by atoms with van der Waals surface area (Å²) in [5, 5.41) is 9.30. The second-order valence-corrected chi connectivity index (χ2v) is 6.91. The lowest BCUT2D eigenvalue weighted by Crippen LogP contribution is -2.29. The zero-order valence-electron chi connectivity index (χ0n) is 16.3. The monoisotopic (exact) mass is 390 g/mol. The first-order valence-corrected chi connectivity index (χ1v) is 9.45. The Morgan fingerprint density at radius 2 is 1.86 bits per heavy atom. The number of carbonyl (C=O) groups excluding carboxylic acids is 1. The van der Waals surface area contributed by atoms with E-state index in [9.17, 15) is 4.79 Å². The Morgan fingerprint density at radius 3 is 2.72 bits per heavy atom. The van der Waals surface area contributed by atoms with Crippen LogP contribution in [0.4, 0.5) is 0 Å². The van der Waals surface area contributed by atoms with Gasteiger partial charge < -0.3 is 19.6 Å². The molecule has 3 aromatic carbocycles. The SMILES string of the molecule is C/C(=N/OCC(=O)NC(C)c1ccc2ccccc2c1)c1ccc2c(c1)OCO2. The van der Waals surface area contributed by atoms with E-state index < -0.39 is 0 Å². The molecule has 3 aromatic rings. The lowest BCUT2D eigenvalue weighted by Gasteiger charge is -2.14. The van der Waals surface area contributed by atoms with E-state index in [4.69, 9.17) is 14.3 Å². The summed E-state index contributed by atoms with van der Waals surface area (Å²) in [6.45, 7) is 3.83. The van der Waals surface area contributed by atoms with E-state index in [2.05, 4.69) is 34.7 Å². The zero-order valence-corrected chi connectivity index (χ0v) is 16.3. The van der Waals surface area contributed by atoms with Crippen LogP contribution >= 0.6 is 0 Å². The van der Waals surface area contributed by atoms with Crippen molar-refractivity contribution in [1.29, 1.82) is 0 Å². The van der Waals surface area contributed by atoms with E-state index in [1.54, 1.807) is 0 Å². The Bertz CT molecular complexity index is 1080. The number of amides is 1. The van der Waals surface area contributed by atoms with Crippen LogP contribution in [0, 0.1) is 0 Å². The van der Waals surface area contributed by atoms with Gasteiger partial charge in [0.15, 0.2) is 18.1 Å². The first-order valence-electron chi connectivity index (χ1n) is 9.45. The van der Waals surface area contributed by atoms with Crippen LogP contribution < -0.4 is 14.8 Å². The van der Waals surface area contributed by atoms with Gasteiger partial charge in [0, 0.05) is 5.56 Å². The Labute approximate surface area is 169 Å². The van der Waals surface area contributed by atoms with Crippen LogP contribution in [0.3, 0.4) is 0 Å². The largest absolute Gasteiger partial charge is 0.454 e. The highest BCUT2D eigenvalue weighted by atomic mass is 16.7. The zero-order chi connectivity index (χ0) is 20.2. The van der Waals surface area contributed by atoms with E-state index in [0.717, 1.165) is 16.5 Å². The molecule has 0 saturated heterocycles. The molecule has 0 aliphatic carbocycles. The molecular weight excluding hydrogens is 368 g/mol. The molecule has 1 amide bonds. The second-order valence-electron chi connectivity index (χ2n) is 6.91. The summed E-state index contributed by atoms with van der Waals surface area (Å²) in [5.74, 6) is 1.16. The lowest BCUT2D eigenvalue weighted by atomic mass is 10.0. The highest BCUT2D eigenvalue weighted by molar-refractivity contribution is 5.99. The Kier molecular flexibility index (Phi) is 5.33. The molecule has 0 bridgehead atoms. The second kappa shape index (κ2) is 8.22. The summed E-state index contributed by atoms with van der Waals surface area (Å²) in [4.78, 5) is 17.5. The predicted octanol–water partition coefficient (Wildman–Crippen LogP) is 4.19. The third-order valence-electron chi connectivity index (χ3n) is 4.84. The van der Waals surface area contributed by atoms with Crippen molar-refractivity contribution in [2.24, 2.45) is 5.16 Å². The van der Waals surface area contributed by atoms with Crippen molar-refractivity contribution in [2.75, 3.05) is 13.4 Å². The number of fused-ring (bicyclic) bond motifs is 2. The first kappa shape index (κ1) is 18.8. The van der Waals surface area contributed by atoms with E-state index in [0.29, 0.717) is 17.2 Å². The molecule has 1 heterocycles. The molecule has 0 spiro atoms. The maximum Gasteiger partial charge on any atom is 0.261 e. The molecular formula is C23H22N2O4. The number of carbonyl (C=O) groups is 1. The summed E-state index contributed by atoms with van der Waals surface area (Å²) < 4.78 is 10.7. The van der Waals surface area contributed by atoms with Crippen LogP contribution in [0.5, 0.6) is 11.5 Å². The standard InChI is InChI=1S/C23H22N2O4/c1-15(18-8-7-17-5-3-4-6-20(17)11-18)24-23(26)13-29-25-16(2)19-9-10-21-22(12-19)28-14-27-21/h3-12,15H,13-14H2,1-2H3,(H,24,26)/b25-16-. The van der Waals surface area contributed by atoms with Crippen LogP contribution in [-0.4, -0.2) is 25.0 Å². The third-order valence-corrected chi connectivity index (χ3v) is 4.84.